The van der Waals surface area contributed by atoms with Crippen LogP contribution in [0.1, 0.15) is 50.6 Å². The maximum atomic E-state index is 6.17. The van der Waals surface area contributed by atoms with Crippen LogP contribution in [0.3, 0.4) is 0 Å². The van der Waals surface area contributed by atoms with Gasteiger partial charge in [-0.15, -0.1) is 6.58 Å². The molecule has 1 atom stereocenters. The molecule has 0 heterocycles. The van der Waals surface area contributed by atoms with Gasteiger partial charge in [0.1, 0.15) is 5.75 Å². The number of nitrogens with two attached hydrogens (primary N) is 1. The van der Waals surface area contributed by atoms with Gasteiger partial charge in [0.25, 0.3) is 0 Å². The molecule has 1 unspecified atom stereocenters. The third-order valence-electron chi connectivity index (χ3n) is 3.04. The fourth-order valence-corrected chi connectivity index (χ4v) is 1.97. The van der Waals surface area contributed by atoms with Crippen LogP contribution in [0.5, 0.6) is 5.75 Å². The van der Waals surface area contributed by atoms with Gasteiger partial charge in [-0.25, -0.2) is 0 Å². The molecule has 0 fully saturated rings. The highest BCUT2D eigenvalue weighted by Crippen LogP contribution is 2.20. The summed E-state index contributed by atoms with van der Waals surface area (Å²) in [5.41, 5.74) is 7.37. The lowest BCUT2D eigenvalue weighted by atomic mass is 10.0. The molecule has 0 radical (unpaired) electrons. The van der Waals surface area contributed by atoms with Crippen molar-refractivity contribution in [3.8, 4) is 5.75 Å². The molecule has 0 aromatic heterocycles. The van der Waals surface area contributed by atoms with Crippen molar-refractivity contribution < 1.29 is 4.74 Å². The van der Waals surface area contributed by atoms with Crippen molar-refractivity contribution in [2.24, 2.45) is 5.73 Å². The second kappa shape index (κ2) is 8.76. The predicted molar refractivity (Wildman–Crippen MR) is 77.8 cm³/mol. The van der Waals surface area contributed by atoms with Crippen LogP contribution in [0.4, 0.5) is 0 Å². The van der Waals surface area contributed by atoms with Crippen LogP contribution in [0.2, 0.25) is 0 Å². The van der Waals surface area contributed by atoms with E-state index in [-0.39, 0.29) is 6.04 Å². The topological polar surface area (TPSA) is 35.2 Å². The van der Waals surface area contributed by atoms with Gasteiger partial charge < -0.3 is 10.5 Å². The lowest BCUT2D eigenvalue weighted by Gasteiger charge is -2.12. The summed E-state index contributed by atoms with van der Waals surface area (Å²) in [6.07, 6.45) is 7.77. The molecule has 1 rings (SSSR count). The smallest absolute Gasteiger partial charge is 0.119 e. The highest BCUT2D eigenvalue weighted by atomic mass is 16.5. The van der Waals surface area contributed by atoms with E-state index in [9.17, 15) is 0 Å². The van der Waals surface area contributed by atoms with Gasteiger partial charge in [-0.2, -0.15) is 0 Å². The van der Waals surface area contributed by atoms with Crippen molar-refractivity contribution in [1.29, 1.82) is 0 Å². The molecule has 0 aliphatic carbocycles. The third kappa shape index (κ3) is 5.37. The van der Waals surface area contributed by atoms with Crippen molar-refractivity contribution in [2.75, 3.05) is 6.61 Å². The standard InChI is InChI=1S/C16H25NO/c1-3-5-6-7-8-9-16(17)14-10-12-15(13-11-14)18-4-2/h3,10-13,16H,1,4-9,17H2,2H3. The number of hydrogen-bond acceptors (Lipinski definition) is 2. The van der Waals surface area contributed by atoms with E-state index in [0.717, 1.165) is 18.6 Å². The van der Waals surface area contributed by atoms with E-state index in [1.54, 1.807) is 0 Å². The molecule has 2 N–H and O–H groups in total. The lowest BCUT2D eigenvalue weighted by molar-refractivity contribution is 0.340. The first kappa shape index (κ1) is 14.8. The van der Waals surface area contributed by atoms with Gasteiger partial charge in [0.15, 0.2) is 0 Å². The molecule has 0 spiro atoms. The van der Waals surface area contributed by atoms with Crippen LogP contribution in [0.15, 0.2) is 36.9 Å². The second-order valence-electron chi connectivity index (χ2n) is 4.54. The zero-order valence-corrected chi connectivity index (χ0v) is 11.4. The zero-order chi connectivity index (χ0) is 13.2. The van der Waals surface area contributed by atoms with Crippen LogP contribution >= 0.6 is 0 Å². The van der Waals surface area contributed by atoms with E-state index in [2.05, 4.69) is 18.7 Å². The van der Waals surface area contributed by atoms with Crippen molar-refractivity contribution in [2.45, 2.75) is 45.1 Å². The molecule has 0 aliphatic heterocycles. The summed E-state index contributed by atoms with van der Waals surface area (Å²) >= 11 is 0. The number of benzene rings is 1. The van der Waals surface area contributed by atoms with Crippen molar-refractivity contribution in [3.63, 3.8) is 0 Å². The van der Waals surface area contributed by atoms with Crippen molar-refractivity contribution in [3.05, 3.63) is 42.5 Å². The Hall–Kier alpha value is -1.28. The highest BCUT2D eigenvalue weighted by molar-refractivity contribution is 5.28. The number of allylic oxidation sites excluding steroid dienone is 1. The summed E-state index contributed by atoms with van der Waals surface area (Å²) in [6.45, 7) is 6.42. The van der Waals surface area contributed by atoms with Gasteiger partial charge in [0.2, 0.25) is 0 Å². The highest BCUT2D eigenvalue weighted by Gasteiger charge is 2.05. The predicted octanol–water partition coefficient (Wildman–Crippen LogP) is 4.22. The molecule has 0 aliphatic rings. The first-order valence-corrected chi connectivity index (χ1v) is 6.87. The Bertz CT molecular complexity index is 331. The summed E-state index contributed by atoms with van der Waals surface area (Å²) in [6, 6.07) is 8.27. The van der Waals surface area contributed by atoms with E-state index >= 15 is 0 Å². The number of rotatable bonds is 9. The largest absolute Gasteiger partial charge is 0.494 e. The Morgan fingerprint density at radius 1 is 1.22 bits per heavy atom. The quantitative estimate of drug-likeness (QED) is 0.524. The fourth-order valence-electron chi connectivity index (χ4n) is 1.97. The molecule has 18 heavy (non-hydrogen) atoms. The summed E-state index contributed by atoms with van der Waals surface area (Å²) in [5.74, 6) is 0.916. The monoisotopic (exact) mass is 247 g/mol. The average Bonchev–Trinajstić information content (AvgIpc) is 2.39. The first-order chi connectivity index (χ1) is 8.77. The summed E-state index contributed by atoms with van der Waals surface area (Å²) < 4.78 is 5.42. The van der Waals surface area contributed by atoms with E-state index in [1.807, 2.05) is 25.1 Å². The minimum absolute atomic E-state index is 0.143. The lowest BCUT2D eigenvalue weighted by Crippen LogP contribution is -2.10. The van der Waals surface area contributed by atoms with Crippen LogP contribution in [0.25, 0.3) is 0 Å². The van der Waals surface area contributed by atoms with Crippen molar-refractivity contribution in [1.82, 2.24) is 0 Å². The fraction of sp³-hybridized carbons (Fsp3) is 0.500. The molecule has 0 bridgehead atoms. The minimum atomic E-state index is 0.143. The SMILES string of the molecule is C=CCCCCCC(N)c1ccc(OCC)cc1. The maximum Gasteiger partial charge on any atom is 0.119 e. The van der Waals surface area contributed by atoms with E-state index in [4.69, 9.17) is 10.5 Å². The average molecular weight is 247 g/mol. The molecule has 2 nitrogen and oxygen atoms in total. The molecule has 1 aromatic rings. The Balaban J connectivity index is 2.32. The molecule has 0 saturated carbocycles. The van der Waals surface area contributed by atoms with Crippen LogP contribution in [-0.4, -0.2) is 6.61 Å². The maximum absolute atomic E-state index is 6.17. The molecular formula is C16H25NO. The molecule has 2 heteroatoms. The molecule has 0 saturated heterocycles. The number of hydrogen-bond donors (Lipinski definition) is 1. The normalized spacial score (nSPS) is 12.1. The summed E-state index contributed by atoms with van der Waals surface area (Å²) in [4.78, 5) is 0. The Morgan fingerprint density at radius 2 is 1.94 bits per heavy atom. The van der Waals surface area contributed by atoms with Crippen LogP contribution < -0.4 is 10.5 Å². The Labute approximate surface area is 111 Å². The minimum Gasteiger partial charge on any atom is -0.494 e. The van der Waals surface area contributed by atoms with Gasteiger partial charge in [-0.05, 0) is 43.9 Å². The van der Waals surface area contributed by atoms with E-state index < -0.39 is 0 Å². The molecular weight excluding hydrogens is 222 g/mol. The number of ether oxygens (including phenoxy) is 1. The van der Waals surface area contributed by atoms with Gasteiger partial charge in [-0.3, -0.25) is 0 Å². The zero-order valence-electron chi connectivity index (χ0n) is 11.4. The summed E-state index contributed by atoms with van der Waals surface area (Å²) in [7, 11) is 0. The first-order valence-electron chi connectivity index (χ1n) is 6.87. The molecule has 0 amide bonds. The van der Waals surface area contributed by atoms with Gasteiger partial charge >= 0.3 is 0 Å². The van der Waals surface area contributed by atoms with Gasteiger partial charge in [0.05, 0.1) is 6.61 Å². The third-order valence-corrected chi connectivity index (χ3v) is 3.04. The number of unbranched alkanes of at least 4 members (excludes halogenated alkanes) is 3. The van der Waals surface area contributed by atoms with Crippen molar-refractivity contribution >= 4 is 0 Å². The molecule has 100 valence electrons. The van der Waals surface area contributed by atoms with E-state index in [0.29, 0.717) is 6.61 Å². The summed E-state index contributed by atoms with van der Waals surface area (Å²) in [5, 5.41) is 0. The van der Waals surface area contributed by atoms with Gasteiger partial charge in [-0.1, -0.05) is 31.1 Å². The molecule has 1 aromatic carbocycles. The van der Waals surface area contributed by atoms with Crippen LogP contribution in [-0.2, 0) is 0 Å². The second-order valence-corrected chi connectivity index (χ2v) is 4.54. The van der Waals surface area contributed by atoms with Gasteiger partial charge in [0, 0.05) is 6.04 Å². The Morgan fingerprint density at radius 3 is 2.56 bits per heavy atom. The Kier molecular flexibility index (Phi) is 7.19. The van der Waals surface area contributed by atoms with Crippen LogP contribution in [0, 0.1) is 0 Å². The van der Waals surface area contributed by atoms with E-state index in [1.165, 1.54) is 24.8 Å².